The van der Waals surface area contributed by atoms with Gasteiger partial charge in [0.25, 0.3) is 5.91 Å². The predicted molar refractivity (Wildman–Crippen MR) is 92.4 cm³/mol. The molecule has 0 radical (unpaired) electrons. The molecule has 134 valence electrons. The minimum atomic E-state index is -4.38. The number of alkyl halides is 3. The number of hydrogen-bond acceptors (Lipinski definition) is 3. The lowest BCUT2D eigenvalue weighted by molar-refractivity contribution is -0.153. The second kappa shape index (κ2) is 8.49. The Morgan fingerprint density at radius 2 is 1.88 bits per heavy atom. The van der Waals surface area contributed by atoms with Crippen molar-refractivity contribution < 1.29 is 22.7 Å². The molecule has 0 aliphatic rings. The molecule has 0 aliphatic carbocycles. The van der Waals surface area contributed by atoms with Gasteiger partial charge in [0.05, 0.1) is 10.6 Å². The van der Waals surface area contributed by atoms with Crippen molar-refractivity contribution in [2.45, 2.75) is 17.6 Å². The maximum atomic E-state index is 12.2. The number of nitrogens with one attached hydrogen (secondary N) is 1. The summed E-state index contributed by atoms with van der Waals surface area (Å²) in [6.07, 6.45) is -2.48. The SMILES string of the molecule is CSc1ccc(Cl)c(C(=O)NCc2ccc(OCC(F)(F)F)cc2)c1. The fourth-order valence-electron chi connectivity index (χ4n) is 1.95. The molecule has 25 heavy (non-hydrogen) atoms. The van der Waals surface area contributed by atoms with Gasteiger partial charge in [-0.3, -0.25) is 4.79 Å². The van der Waals surface area contributed by atoms with E-state index in [0.29, 0.717) is 10.6 Å². The largest absolute Gasteiger partial charge is 0.484 e. The fourth-order valence-corrected chi connectivity index (χ4v) is 2.59. The molecule has 0 bridgehead atoms. The minimum absolute atomic E-state index is 0.114. The molecule has 0 unspecified atom stereocenters. The second-order valence-corrected chi connectivity index (χ2v) is 6.36. The molecule has 0 saturated heterocycles. The summed E-state index contributed by atoms with van der Waals surface area (Å²) in [6.45, 7) is -1.12. The van der Waals surface area contributed by atoms with Gasteiger partial charge in [0.15, 0.2) is 6.61 Å². The van der Waals surface area contributed by atoms with Crippen molar-refractivity contribution in [3.05, 3.63) is 58.6 Å². The number of thioether (sulfide) groups is 1. The van der Waals surface area contributed by atoms with E-state index in [1.807, 2.05) is 12.3 Å². The molecule has 0 saturated carbocycles. The number of amides is 1. The van der Waals surface area contributed by atoms with E-state index < -0.39 is 12.8 Å². The van der Waals surface area contributed by atoms with Gasteiger partial charge in [-0.2, -0.15) is 13.2 Å². The zero-order valence-electron chi connectivity index (χ0n) is 13.2. The molecule has 2 aromatic carbocycles. The molecule has 0 atom stereocenters. The van der Waals surface area contributed by atoms with Gasteiger partial charge in [-0.05, 0) is 42.2 Å². The van der Waals surface area contributed by atoms with Crippen LogP contribution in [0.1, 0.15) is 15.9 Å². The monoisotopic (exact) mass is 389 g/mol. The number of rotatable bonds is 6. The van der Waals surface area contributed by atoms with Crippen molar-refractivity contribution in [2.75, 3.05) is 12.9 Å². The molecule has 0 fully saturated rings. The van der Waals surface area contributed by atoms with Crippen LogP contribution < -0.4 is 10.1 Å². The van der Waals surface area contributed by atoms with Gasteiger partial charge >= 0.3 is 6.18 Å². The quantitative estimate of drug-likeness (QED) is 0.712. The lowest BCUT2D eigenvalue weighted by atomic mass is 10.2. The first-order valence-corrected chi connectivity index (χ1v) is 8.79. The van der Waals surface area contributed by atoms with Gasteiger partial charge < -0.3 is 10.1 Å². The Morgan fingerprint density at radius 3 is 2.48 bits per heavy atom. The number of carbonyl (C=O) groups is 1. The number of benzene rings is 2. The van der Waals surface area contributed by atoms with Crippen LogP contribution in [0.4, 0.5) is 13.2 Å². The maximum Gasteiger partial charge on any atom is 0.422 e. The van der Waals surface area contributed by atoms with E-state index >= 15 is 0 Å². The molecule has 2 rings (SSSR count). The minimum Gasteiger partial charge on any atom is -0.484 e. The van der Waals surface area contributed by atoms with E-state index in [4.69, 9.17) is 11.6 Å². The van der Waals surface area contributed by atoms with Crippen molar-refractivity contribution in [1.29, 1.82) is 0 Å². The molecule has 2 aromatic rings. The average molecular weight is 390 g/mol. The van der Waals surface area contributed by atoms with E-state index in [1.54, 1.807) is 24.3 Å². The lowest BCUT2D eigenvalue weighted by Gasteiger charge is -2.10. The van der Waals surface area contributed by atoms with Crippen LogP contribution in [0.2, 0.25) is 5.02 Å². The Hall–Kier alpha value is -1.86. The van der Waals surface area contributed by atoms with Crippen LogP contribution in [0.5, 0.6) is 5.75 Å². The standard InChI is InChI=1S/C17H15ClF3NO2S/c1-25-13-6-7-15(18)14(8-13)16(23)22-9-11-2-4-12(5-3-11)24-10-17(19,20)21/h2-8H,9-10H2,1H3,(H,22,23). The molecular formula is C17H15ClF3NO2S. The van der Waals surface area contributed by atoms with Crippen LogP contribution in [-0.4, -0.2) is 24.9 Å². The summed E-state index contributed by atoms with van der Waals surface area (Å²) >= 11 is 7.54. The average Bonchev–Trinajstić information content (AvgIpc) is 2.58. The Labute approximate surface area is 152 Å². The van der Waals surface area contributed by atoms with Crippen molar-refractivity contribution in [1.82, 2.24) is 5.32 Å². The van der Waals surface area contributed by atoms with Crippen molar-refractivity contribution in [3.8, 4) is 5.75 Å². The zero-order valence-corrected chi connectivity index (χ0v) is 14.8. The molecule has 0 heterocycles. The van der Waals surface area contributed by atoms with Gasteiger partial charge in [-0.15, -0.1) is 11.8 Å². The molecule has 1 N–H and O–H groups in total. The molecule has 8 heteroatoms. The summed E-state index contributed by atoms with van der Waals surface area (Å²) < 4.78 is 40.9. The third kappa shape index (κ3) is 6.17. The van der Waals surface area contributed by atoms with E-state index in [9.17, 15) is 18.0 Å². The predicted octanol–water partition coefficient (Wildman–Crippen LogP) is 4.93. The van der Waals surface area contributed by atoms with Gasteiger partial charge in [0, 0.05) is 11.4 Å². The highest BCUT2D eigenvalue weighted by Gasteiger charge is 2.28. The topological polar surface area (TPSA) is 38.3 Å². The Bertz CT molecular complexity index is 736. The fraction of sp³-hybridized carbons (Fsp3) is 0.235. The van der Waals surface area contributed by atoms with Gasteiger partial charge in [0.1, 0.15) is 5.75 Å². The summed E-state index contributed by atoms with van der Waals surface area (Å²) in [5.41, 5.74) is 1.10. The van der Waals surface area contributed by atoms with E-state index in [1.165, 1.54) is 23.9 Å². The highest BCUT2D eigenvalue weighted by atomic mass is 35.5. The Balaban J connectivity index is 1.94. The van der Waals surface area contributed by atoms with Crippen molar-refractivity contribution in [2.24, 2.45) is 0 Å². The molecule has 1 amide bonds. The number of carbonyl (C=O) groups excluding carboxylic acids is 1. The van der Waals surface area contributed by atoms with Crippen LogP contribution in [-0.2, 0) is 6.54 Å². The molecule has 3 nitrogen and oxygen atoms in total. The summed E-state index contributed by atoms with van der Waals surface area (Å²) in [6, 6.07) is 11.2. The summed E-state index contributed by atoms with van der Waals surface area (Å²) in [4.78, 5) is 13.1. The second-order valence-electron chi connectivity index (χ2n) is 5.08. The van der Waals surface area contributed by atoms with E-state index in [2.05, 4.69) is 10.1 Å². The van der Waals surface area contributed by atoms with Gasteiger partial charge in [-0.1, -0.05) is 23.7 Å². The van der Waals surface area contributed by atoms with E-state index in [0.717, 1.165) is 10.5 Å². The first-order chi connectivity index (χ1) is 11.8. The zero-order chi connectivity index (χ0) is 18.4. The molecular weight excluding hydrogens is 375 g/mol. The Morgan fingerprint density at radius 1 is 1.20 bits per heavy atom. The number of halogens is 4. The highest BCUT2D eigenvalue weighted by molar-refractivity contribution is 7.98. The summed E-state index contributed by atoms with van der Waals surface area (Å²) in [5.74, 6) is -0.207. The number of hydrogen-bond donors (Lipinski definition) is 1. The van der Waals surface area contributed by atoms with Crippen LogP contribution >= 0.6 is 23.4 Å². The Kier molecular flexibility index (Phi) is 6.61. The molecule has 0 aliphatic heterocycles. The molecule has 0 spiro atoms. The van der Waals surface area contributed by atoms with Crippen molar-refractivity contribution >= 4 is 29.3 Å². The smallest absolute Gasteiger partial charge is 0.422 e. The van der Waals surface area contributed by atoms with Crippen LogP contribution in [0, 0.1) is 0 Å². The highest BCUT2D eigenvalue weighted by Crippen LogP contribution is 2.23. The summed E-state index contributed by atoms with van der Waals surface area (Å²) in [5, 5.41) is 3.08. The molecule has 0 aromatic heterocycles. The van der Waals surface area contributed by atoms with E-state index in [-0.39, 0.29) is 18.2 Å². The van der Waals surface area contributed by atoms with Gasteiger partial charge in [-0.25, -0.2) is 0 Å². The maximum absolute atomic E-state index is 12.2. The third-order valence-corrected chi connectivity index (χ3v) is 4.25. The lowest BCUT2D eigenvalue weighted by Crippen LogP contribution is -2.23. The normalized spacial score (nSPS) is 11.2. The summed E-state index contributed by atoms with van der Waals surface area (Å²) in [7, 11) is 0. The number of ether oxygens (including phenoxy) is 1. The van der Waals surface area contributed by atoms with Crippen molar-refractivity contribution in [3.63, 3.8) is 0 Å². The first kappa shape index (κ1) is 19.5. The van der Waals surface area contributed by atoms with Crippen LogP contribution in [0.25, 0.3) is 0 Å². The first-order valence-electron chi connectivity index (χ1n) is 7.19. The van der Waals surface area contributed by atoms with Crippen LogP contribution in [0.15, 0.2) is 47.4 Å². The van der Waals surface area contributed by atoms with Gasteiger partial charge in [0.2, 0.25) is 0 Å². The van der Waals surface area contributed by atoms with Crippen LogP contribution in [0.3, 0.4) is 0 Å². The third-order valence-electron chi connectivity index (χ3n) is 3.20.